The van der Waals surface area contributed by atoms with E-state index in [0.717, 1.165) is 25.9 Å². The monoisotopic (exact) mass is 249 g/mol. The molecule has 1 atom stereocenters. The van der Waals surface area contributed by atoms with Gasteiger partial charge in [-0.2, -0.15) is 0 Å². The molecule has 1 saturated heterocycles. The predicted octanol–water partition coefficient (Wildman–Crippen LogP) is 0.541. The number of aromatic nitrogens is 1. The molecule has 1 fully saturated rings. The second-order valence-corrected chi connectivity index (χ2v) is 4.92. The van der Waals surface area contributed by atoms with E-state index in [1.807, 2.05) is 7.05 Å². The molecule has 1 N–H and O–H groups in total. The van der Waals surface area contributed by atoms with Crippen LogP contribution in [0.4, 0.5) is 0 Å². The standard InChI is InChI=1S/C13H19N3O2/c1-15-7-3-4-11(9-15)16(2)13(18)10-5-6-12(17)14-8-10/h5-6,8,11H,3-4,7,9H2,1-2H3,(H,14,17). The Balaban J connectivity index is 2.08. The molecule has 18 heavy (non-hydrogen) atoms. The van der Waals surface area contributed by atoms with E-state index in [2.05, 4.69) is 16.9 Å². The molecule has 0 radical (unpaired) electrons. The van der Waals surface area contributed by atoms with Gasteiger partial charge in [0, 0.05) is 31.9 Å². The predicted molar refractivity (Wildman–Crippen MR) is 69.7 cm³/mol. The van der Waals surface area contributed by atoms with E-state index in [4.69, 9.17) is 0 Å². The highest BCUT2D eigenvalue weighted by atomic mass is 16.2. The first kappa shape index (κ1) is 12.8. The van der Waals surface area contributed by atoms with Gasteiger partial charge in [-0.3, -0.25) is 9.59 Å². The van der Waals surface area contributed by atoms with E-state index in [9.17, 15) is 9.59 Å². The molecule has 1 amide bonds. The minimum atomic E-state index is -0.188. The molecule has 98 valence electrons. The van der Waals surface area contributed by atoms with Crippen molar-refractivity contribution in [2.75, 3.05) is 27.2 Å². The maximum Gasteiger partial charge on any atom is 0.255 e. The third-order valence-corrected chi connectivity index (χ3v) is 3.50. The summed E-state index contributed by atoms with van der Waals surface area (Å²) in [7, 11) is 3.90. The third kappa shape index (κ3) is 2.79. The summed E-state index contributed by atoms with van der Waals surface area (Å²) in [6, 6.07) is 3.21. The molecule has 0 aromatic carbocycles. The Kier molecular flexibility index (Phi) is 3.81. The molecular formula is C13H19N3O2. The Hall–Kier alpha value is -1.62. The number of carbonyl (C=O) groups excluding carboxylic acids is 1. The number of aromatic amines is 1. The molecule has 5 heteroatoms. The maximum atomic E-state index is 12.2. The first-order valence-electron chi connectivity index (χ1n) is 6.22. The molecule has 1 aromatic rings. The lowest BCUT2D eigenvalue weighted by atomic mass is 10.0. The zero-order chi connectivity index (χ0) is 13.1. The second-order valence-electron chi connectivity index (χ2n) is 4.92. The van der Waals surface area contributed by atoms with Crippen molar-refractivity contribution in [2.45, 2.75) is 18.9 Å². The van der Waals surface area contributed by atoms with E-state index < -0.39 is 0 Å². The van der Waals surface area contributed by atoms with Crippen LogP contribution in [0.5, 0.6) is 0 Å². The first-order chi connectivity index (χ1) is 8.58. The topological polar surface area (TPSA) is 56.4 Å². The SMILES string of the molecule is CN1CCCC(N(C)C(=O)c2ccc(=O)[nH]c2)C1. The van der Waals surface area contributed by atoms with Crippen LogP contribution in [0, 0.1) is 0 Å². The quantitative estimate of drug-likeness (QED) is 0.832. The van der Waals surface area contributed by atoms with Gasteiger partial charge in [0.2, 0.25) is 5.56 Å². The fraction of sp³-hybridized carbons (Fsp3) is 0.538. The zero-order valence-corrected chi connectivity index (χ0v) is 10.8. The molecule has 0 bridgehead atoms. The number of nitrogens with zero attached hydrogens (tertiary/aromatic N) is 2. The summed E-state index contributed by atoms with van der Waals surface area (Å²) in [5, 5.41) is 0. The van der Waals surface area contributed by atoms with Gasteiger partial charge in [-0.05, 0) is 32.5 Å². The molecule has 1 aliphatic heterocycles. The summed E-state index contributed by atoms with van der Waals surface area (Å²) in [6.45, 7) is 2.00. The van der Waals surface area contributed by atoms with Crippen molar-refractivity contribution < 1.29 is 4.79 Å². The van der Waals surface area contributed by atoms with E-state index in [1.54, 1.807) is 11.0 Å². The number of nitrogens with one attached hydrogen (secondary N) is 1. The Morgan fingerprint density at radius 1 is 1.50 bits per heavy atom. The number of likely N-dealkylation sites (tertiary alicyclic amines) is 1. The Labute approximate surface area is 106 Å². The van der Waals surface area contributed by atoms with Gasteiger partial charge in [-0.25, -0.2) is 0 Å². The largest absolute Gasteiger partial charge is 0.337 e. The highest BCUT2D eigenvalue weighted by Gasteiger charge is 2.25. The van der Waals surface area contributed by atoms with Crippen molar-refractivity contribution in [3.8, 4) is 0 Å². The minimum Gasteiger partial charge on any atom is -0.337 e. The lowest BCUT2D eigenvalue weighted by Gasteiger charge is -2.35. The van der Waals surface area contributed by atoms with Crippen molar-refractivity contribution >= 4 is 5.91 Å². The molecule has 1 aliphatic rings. The highest BCUT2D eigenvalue weighted by Crippen LogP contribution is 2.15. The summed E-state index contributed by atoms with van der Waals surface area (Å²) < 4.78 is 0. The van der Waals surface area contributed by atoms with Crippen LogP contribution in [0.1, 0.15) is 23.2 Å². The van der Waals surface area contributed by atoms with Gasteiger partial charge in [-0.15, -0.1) is 0 Å². The Bertz CT molecular complexity index is 463. The van der Waals surface area contributed by atoms with Gasteiger partial charge < -0.3 is 14.8 Å². The lowest BCUT2D eigenvalue weighted by molar-refractivity contribution is 0.0643. The molecule has 1 aromatic heterocycles. The summed E-state index contributed by atoms with van der Waals surface area (Å²) in [4.78, 5) is 29.8. The summed E-state index contributed by atoms with van der Waals surface area (Å²) in [5.41, 5.74) is 0.344. The van der Waals surface area contributed by atoms with Crippen LogP contribution in [-0.2, 0) is 0 Å². The number of piperidine rings is 1. The number of carbonyl (C=O) groups is 1. The van der Waals surface area contributed by atoms with Crippen molar-refractivity contribution in [3.05, 3.63) is 34.2 Å². The van der Waals surface area contributed by atoms with Crippen molar-refractivity contribution in [1.82, 2.24) is 14.8 Å². The van der Waals surface area contributed by atoms with Crippen molar-refractivity contribution in [1.29, 1.82) is 0 Å². The smallest absolute Gasteiger partial charge is 0.255 e. The normalized spacial score (nSPS) is 20.7. The average Bonchev–Trinajstić information content (AvgIpc) is 2.38. The number of hydrogen-bond acceptors (Lipinski definition) is 3. The number of pyridine rings is 1. The van der Waals surface area contributed by atoms with Crippen LogP contribution in [0.15, 0.2) is 23.1 Å². The molecule has 1 unspecified atom stereocenters. The molecule has 2 heterocycles. The Morgan fingerprint density at radius 3 is 2.89 bits per heavy atom. The van der Waals surface area contributed by atoms with Gasteiger partial charge in [0.15, 0.2) is 0 Å². The van der Waals surface area contributed by atoms with Crippen LogP contribution >= 0.6 is 0 Å². The zero-order valence-electron chi connectivity index (χ0n) is 10.8. The first-order valence-corrected chi connectivity index (χ1v) is 6.22. The third-order valence-electron chi connectivity index (χ3n) is 3.50. The van der Waals surface area contributed by atoms with E-state index in [0.29, 0.717) is 5.56 Å². The second kappa shape index (κ2) is 5.35. The molecule has 0 aliphatic carbocycles. The highest BCUT2D eigenvalue weighted by molar-refractivity contribution is 5.93. The van der Waals surface area contributed by atoms with Crippen LogP contribution in [0.2, 0.25) is 0 Å². The van der Waals surface area contributed by atoms with Gasteiger partial charge in [0.25, 0.3) is 5.91 Å². The van der Waals surface area contributed by atoms with Crippen LogP contribution < -0.4 is 5.56 Å². The maximum absolute atomic E-state index is 12.2. The van der Waals surface area contributed by atoms with E-state index >= 15 is 0 Å². The van der Waals surface area contributed by atoms with Crippen LogP contribution in [-0.4, -0.2) is 53.9 Å². The average molecular weight is 249 g/mol. The fourth-order valence-electron chi connectivity index (χ4n) is 2.37. The number of H-pyrrole nitrogens is 1. The molecule has 0 saturated carbocycles. The Morgan fingerprint density at radius 2 is 2.28 bits per heavy atom. The molecule has 0 spiro atoms. The molecule has 2 rings (SSSR count). The molecule has 5 nitrogen and oxygen atoms in total. The van der Waals surface area contributed by atoms with Crippen LogP contribution in [0.25, 0.3) is 0 Å². The summed E-state index contributed by atoms with van der Waals surface area (Å²) >= 11 is 0. The number of hydrogen-bond donors (Lipinski definition) is 1. The van der Waals surface area contributed by atoms with Gasteiger partial charge in [0.1, 0.15) is 0 Å². The fourth-order valence-corrected chi connectivity index (χ4v) is 2.37. The number of likely N-dealkylation sites (N-methyl/N-ethyl adjacent to an activating group) is 2. The number of amides is 1. The lowest BCUT2D eigenvalue weighted by Crippen LogP contribution is -2.47. The minimum absolute atomic E-state index is 0.0356. The summed E-state index contributed by atoms with van der Waals surface area (Å²) in [5.74, 6) is -0.0356. The molecular weight excluding hydrogens is 230 g/mol. The van der Waals surface area contributed by atoms with E-state index in [1.165, 1.54) is 12.3 Å². The van der Waals surface area contributed by atoms with Gasteiger partial charge in [-0.1, -0.05) is 0 Å². The van der Waals surface area contributed by atoms with Crippen molar-refractivity contribution in [3.63, 3.8) is 0 Å². The number of rotatable bonds is 2. The van der Waals surface area contributed by atoms with Crippen molar-refractivity contribution in [2.24, 2.45) is 0 Å². The van der Waals surface area contributed by atoms with E-state index in [-0.39, 0.29) is 17.5 Å². The van der Waals surface area contributed by atoms with Gasteiger partial charge in [0.05, 0.1) is 5.56 Å². The summed E-state index contributed by atoms with van der Waals surface area (Å²) in [6.07, 6.45) is 3.63. The van der Waals surface area contributed by atoms with Crippen LogP contribution in [0.3, 0.4) is 0 Å². The van der Waals surface area contributed by atoms with Gasteiger partial charge >= 0.3 is 0 Å².